The largest absolute Gasteiger partial charge is 0.459 e. The van der Waals surface area contributed by atoms with Gasteiger partial charge in [-0.25, -0.2) is 4.68 Å². The maximum absolute atomic E-state index is 12.5. The first-order chi connectivity index (χ1) is 13.1. The summed E-state index contributed by atoms with van der Waals surface area (Å²) in [7, 11) is 0. The Morgan fingerprint density at radius 3 is 2.96 bits per heavy atom. The standard InChI is InChI=1S/C18H21N5O4/c1-12(9-19)10-20-18(25)16-13(21-17(24)14-5-4-8-26-14)11-23(22-16)15-6-2-3-7-27-15/h4-5,8,11-12,15H,2-3,6-7,10H2,1H3,(H,20,25)(H,21,24). The average molecular weight is 371 g/mol. The zero-order valence-electron chi connectivity index (χ0n) is 15.0. The summed E-state index contributed by atoms with van der Waals surface area (Å²) in [6.45, 7) is 2.52. The minimum Gasteiger partial charge on any atom is -0.459 e. The van der Waals surface area contributed by atoms with Crippen molar-refractivity contribution in [3.8, 4) is 6.07 Å². The summed E-state index contributed by atoms with van der Waals surface area (Å²) >= 11 is 0. The summed E-state index contributed by atoms with van der Waals surface area (Å²) in [6, 6.07) is 5.18. The molecule has 1 saturated heterocycles. The molecule has 9 heteroatoms. The van der Waals surface area contributed by atoms with Gasteiger partial charge in [-0.05, 0) is 38.3 Å². The van der Waals surface area contributed by atoms with Gasteiger partial charge in [0.1, 0.15) is 6.23 Å². The van der Waals surface area contributed by atoms with Gasteiger partial charge in [0, 0.05) is 13.2 Å². The van der Waals surface area contributed by atoms with Gasteiger partial charge >= 0.3 is 0 Å². The maximum atomic E-state index is 12.5. The molecule has 0 spiro atoms. The Kier molecular flexibility index (Phi) is 5.88. The summed E-state index contributed by atoms with van der Waals surface area (Å²) in [5.41, 5.74) is 0.321. The van der Waals surface area contributed by atoms with Crippen LogP contribution in [0.5, 0.6) is 0 Å². The molecule has 3 rings (SSSR count). The normalized spacial score (nSPS) is 17.7. The van der Waals surface area contributed by atoms with Crippen molar-refractivity contribution in [2.24, 2.45) is 5.92 Å². The number of furan rings is 1. The minimum atomic E-state index is -0.483. The fourth-order valence-electron chi connectivity index (χ4n) is 2.70. The van der Waals surface area contributed by atoms with Gasteiger partial charge in [0.25, 0.3) is 11.8 Å². The van der Waals surface area contributed by atoms with Crippen molar-refractivity contribution in [3.63, 3.8) is 0 Å². The lowest BCUT2D eigenvalue weighted by Crippen LogP contribution is -2.29. The van der Waals surface area contributed by atoms with E-state index in [1.807, 2.05) is 0 Å². The van der Waals surface area contributed by atoms with E-state index in [-0.39, 0.29) is 35.8 Å². The zero-order chi connectivity index (χ0) is 19.2. The van der Waals surface area contributed by atoms with Crippen LogP contribution in [0.2, 0.25) is 0 Å². The quantitative estimate of drug-likeness (QED) is 0.803. The molecule has 1 aliphatic heterocycles. The van der Waals surface area contributed by atoms with Crippen LogP contribution >= 0.6 is 0 Å². The van der Waals surface area contributed by atoms with E-state index in [1.54, 1.807) is 23.9 Å². The molecule has 27 heavy (non-hydrogen) atoms. The number of hydrogen-bond donors (Lipinski definition) is 2. The topological polar surface area (TPSA) is 122 Å². The number of nitriles is 1. The highest BCUT2D eigenvalue weighted by Gasteiger charge is 2.24. The predicted octanol–water partition coefficient (Wildman–Crippen LogP) is 2.32. The minimum absolute atomic E-state index is 0.0641. The number of carbonyl (C=O) groups excluding carboxylic acids is 2. The summed E-state index contributed by atoms with van der Waals surface area (Å²) < 4.78 is 12.3. The number of hydrogen-bond acceptors (Lipinski definition) is 6. The Morgan fingerprint density at radius 2 is 2.30 bits per heavy atom. The van der Waals surface area contributed by atoms with Gasteiger partial charge in [0.2, 0.25) is 0 Å². The Hall–Kier alpha value is -3.12. The van der Waals surface area contributed by atoms with Crippen LogP contribution in [0.4, 0.5) is 5.69 Å². The average Bonchev–Trinajstić information content (AvgIpc) is 3.36. The molecule has 2 unspecified atom stereocenters. The highest BCUT2D eigenvalue weighted by molar-refractivity contribution is 6.06. The maximum Gasteiger partial charge on any atom is 0.291 e. The number of rotatable bonds is 6. The van der Waals surface area contributed by atoms with E-state index in [0.717, 1.165) is 19.3 Å². The van der Waals surface area contributed by atoms with Crippen molar-refractivity contribution < 1.29 is 18.7 Å². The van der Waals surface area contributed by atoms with Crippen LogP contribution in [-0.4, -0.2) is 34.7 Å². The van der Waals surface area contributed by atoms with Crippen LogP contribution in [0.3, 0.4) is 0 Å². The molecule has 0 radical (unpaired) electrons. The summed E-state index contributed by atoms with van der Waals surface area (Å²) in [6.07, 6.45) is 5.46. The number of anilines is 1. The lowest BCUT2D eigenvalue weighted by atomic mass is 10.2. The van der Waals surface area contributed by atoms with Gasteiger partial charge in [0.15, 0.2) is 11.5 Å². The molecule has 3 heterocycles. The van der Waals surface area contributed by atoms with Gasteiger partial charge in [0.05, 0.1) is 30.1 Å². The first kappa shape index (κ1) is 18.7. The molecule has 2 atom stereocenters. The van der Waals surface area contributed by atoms with Crippen LogP contribution in [0.25, 0.3) is 0 Å². The molecule has 0 bridgehead atoms. The Labute approximate surface area is 156 Å². The summed E-state index contributed by atoms with van der Waals surface area (Å²) in [5.74, 6) is -1.16. The third-order valence-electron chi connectivity index (χ3n) is 4.18. The Morgan fingerprint density at radius 1 is 1.44 bits per heavy atom. The van der Waals surface area contributed by atoms with E-state index < -0.39 is 11.8 Å². The number of aromatic nitrogens is 2. The van der Waals surface area contributed by atoms with Crippen LogP contribution in [0.15, 0.2) is 29.0 Å². The molecule has 2 amide bonds. The predicted molar refractivity (Wildman–Crippen MR) is 94.8 cm³/mol. The van der Waals surface area contributed by atoms with Gasteiger partial charge in [-0.3, -0.25) is 9.59 Å². The second-order valence-electron chi connectivity index (χ2n) is 6.36. The molecule has 1 aliphatic rings. The molecule has 0 aliphatic carbocycles. The molecule has 0 saturated carbocycles. The highest BCUT2D eigenvalue weighted by atomic mass is 16.5. The third-order valence-corrected chi connectivity index (χ3v) is 4.18. The zero-order valence-corrected chi connectivity index (χ0v) is 15.0. The first-order valence-electron chi connectivity index (χ1n) is 8.82. The van der Waals surface area contributed by atoms with Crippen LogP contribution in [0.1, 0.15) is 53.5 Å². The Bertz CT molecular complexity index is 831. The second-order valence-corrected chi connectivity index (χ2v) is 6.36. The SMILES string of the molecule is CC(C#N)CNC(=O)c1nn(C2CCCCO2)cc1NC(=O)c1ccco1. The van der Waals surface area contributed by atoms with Crippen molar-refractivity contribution in [1.29, 1.82) is 5.26 Å². The second kappa shape index (κ2) is 8.51. The van der Waals surface area contributed by atoms with Gasteiger partial charge in [-0.15, -0.1) is 0 Å². The van der Waals surface area contributed by atoms with Crippen LogP contribution in [0, 0.1) is 17.2 Å². The van der Waals surface area contributed by atoms with Crippen LogP contribution < -0.4 is 10.6 Å². The molecule has 2 aromatic rings. The fraction of sp³-hybridized carbons (Fsp3) is 0.444. The molecule has 0 aromatic carbocycles. The van der Waals surface area contributed by atoms with Crippen molar-refractivity contribution in [2.45, 2.75) is 32.4 Å². The molecular weight excluding hydrogens is 350 g/mol. The molecule has 1 fully saturated rings. The van der Waals surface area contributed by atoms with E-state index in [4.69, 9.17) is 14.4 Å². The molecule has 2 aromatic heterocycles. The smallest absolute Gasteiger partial charge is 0.291 e. The lowest BCUT2D eigenvalue weighted by molar-refractivity contribution is -0.0395. The number of ether oxygens (including phenoxy) is 1. The van der Waals surface area contributed by atoms with E-state index in [0.29, 0.717) is 6.61 Å². The fourth-order valence-corrected chi connectivity index (χ4v) is 2.70. The van der Waals surface area contributed by atoms with E-state index in [2.05, 4.69) is 21.8 Å². The van der Waals surface area contributed by atoms with Crippen molar-refractivity contribution in [3.05, 3.63) is 36.0 Å². The van der Waals surface area contributed by atoms with Crippen LogP contribution in [-0.2, 0) is 4.74 Å². The summed E-state index contributed by atoms with van der Waals surface area (Å²) in [4.78, 5) is 24.8. The summed E-state index contributed by atoms with van der Waals surface area (Å²) in [5, 5.41) is 18.5. The molecule has 142 valence electrons. The van der Waals surface area contributed by atoms with Crippen molar-refractivity contribution in [2.75, 3.05) is 18.5 Å². The number of nitrogens with zero attached hydrogens (tertiary/aromatic N) is 3. The van der Waals surface area contributed by atoms with Gasteiger partial charge < -0.3 is 19.8 Å². The van der Waals surface area contributed by atoms with E-state index >= 15 is 0 Å². The first-order valence-corrected chi connectivity index (χ1v) is 8.82. The highest BCUT2D eigenvalue weighted by Crippen LogP contribution is 2.25. The molecule has 9 nitrogen and oxygen atoms in total. The van der Waals surface area contributed by atoms with E-state index in [1.165, 1.54) is 12.3 Å². The number of nitrogens with one attached hydrogen (secondary N) is 2. The van der Waals surface area contributed by atoms with Crippen molar-refractivity contribution in [1.82, 2.24) is 15.1 Å². The Balaban J connectivity index is 1.82. The van der Waals surface area contributed by atoms with Gasteiger partial charge in [-0.1, -0.05) is 0 Å². The third kappa shape index (κ3) is 4.54. The van der Waals surface area contributed by atoms with Crippen molar-refractivity contribution >= 4 is 17.5 Å². The number of carbonyl (C=O) groups is 2. The molecular formula is C18H21N5O4. The van der Waals surface area contributed by atoms with Gasteiger partial charge in [-0.2, -0.15) is 10.4 Å². The molecule has 2 N–H and O–H groups in total. The van der Waals surface area contributed by atoms with E-state index in [9.17, 15) is 9.59 Å². The monoisotopic (exact) mass is 371 g/mol. The number of amides is 2. The lowest BCUT2D eigenvalue weighted by Gasteiger charge is -2.22.